The first-order valence-corrected chi connectivity index (χ1v) is 5.04. The predicted molar refractivity (Wildman–Crippen MR) is 55.7 cm³/mol. The molecule has 12 heavy (non-hydrogen) atoms. The van der Waals surface area contributed by atoms with Crippen molar-refractivity contribution in [1.82, 2.24) is 5.32 Å². The van der Waals surface area contributed by atoms with E-state index in [1.807, 2.05) is 0 Å². The van der Waals surface area contributed by atoms with E-state index in [2.05, 4.69) is 48.5 Å². The van der Waals surface area contributed by atoms with Gasteiger partial charge in [-0.15, -0.1) is 0 Å². The number of halogens is 2. The van der Waals surface area contributed by atoms with Crippen molar-refractivity contribution < 1.29 is 9.53 Å². The highest BCUT2D eigenvalue weighted by Crippen LogP contribution is 2.01. The number of alkyl halides is 1. The maximum Gasteiger partial charge on any atom is 0.320 e. The predicted octanol–water partition coefficient (Wildman–Crippen LogP) is 1.42. The van der Waals surface area contributed by atoms with Crippen LogP contribution in [0.3, 0.4) is 0 Å². The third-order valence-electron chi connectivity index (χ3n) is 1.10. The molecule has 0 aromatic carbocycles. The number of carbonyl (C=O) groups is 1. The number of ether oxygens (including phenoxy) is 1. The quantitative estimate of drug-likeness (QED) is 0.616. The summed E-state index contributed by atoms with van der Waals surface area (Å²) in [6, 6.07) is 0. The van der Waals surface area contributed by atoms with E-state index in [-0.39, 0.29) is 10.8 Å². The molecule has 3 nitrogen and oxygen atoms in total. The summed E-state index contributed by atoms with van der Waals surface area (Å²) in [7, 11) is 1.36. The number of hydrogen-bond donors (Lipinski definition) is 1. The second-order valence-corrected chi connectivity index (χ2v) is 4.37. The Kier molecular flexibility index (Phi) is 6.70. The number of rotatable bonds is 5. The van der Waals surface area contributed by atoms with E-state index in [9.17, 15) is 4.79 Å². The molecule has 70 valence electrons. The smallest absolute Gasteiger partial charge is 0.320 e. The summed E-state index contributed by atoms with van der Waals surface area (Å²) in [5.41, 5.74) is 0. The molecule has 5 heteroatoms. The van der Waals surface area contributed by atoms with Gasteiger partial charge in [-0.25, -0.2) is 0 Å². The zero-order valence-corrected chi connectivity index (χ0v) is 9.94. The third kappa shape index (κ3) is 5.74. The zero-order chi connectivity index (χ0) is 9.56. The summed E-state index contributed by atoms with van der Waals surface area (Å²) in [6.45, 7) is 4.80. The third-order valence-corrected chi connectivity index (χ3v) is 2.08. The number of hydrogen-bond acceptors (Lipinski definition) is 3. The summed E-state index contributed by atoms with van der Waals surface area (Å²) in [5.74, 6) is -0.275. The molecule has 0 aromatic rings. The van der Waals surface area contributed by atoms with Gasteiger partial charge in [0, 0.05) is 17.6 Å². The Morgan fingerprint density at radius 2 is 2.33 bits per heavy atom. The van der Waals surface area contributed by atoms with Crippen LogP contribution in [-0.4, -0.2) is 31.0 Å². The summed E-state index contributed by atoms with van der Waals surface area (Å²) in [4.78, 5) is 10.5. The topological polar surface area (TPSA) is 38.3 Å². The van der Waals surface area contributed by atoms with Crippen LogP contribution in [-0.2, 0) is 9.53 Å². The fourth-order valence-corrected chi connectivity index (χ4v) is 1.16. The molecule has 0 fully saturated rings. The van der Waals surface area contributed by atoms with Gasteiger partial charge in [-0.1, -0.05) is 38.4 Å². The van der Waals surface area contributed by atoms with Gasteiger partial charge in [-0.05, 0) is 0 Å². The average molecular weight is 301 g/mol. The molecule has 0 saturated carbocycles. The van der Waals surface area contributed by atoms with Gasteiger partial charge < -0.3 is 10.1 Å². The van der Waals surface area contributed by atoms with Gasteiger partial charge in [-0.3, -0.25) is 4.79 Å². The fraction of sp³-hybridized carbons (Fsp3) is 0.571. The van der Waals surface area contributed by atoms with Gasteiger partial charge >= 0.3 is 5.97 Å². The van der Waals surface area contributed by atoms with Gasteiger partial charge in [0.2, 0.25) is 0 Å². The van der Waals surface area contributed by atoms with Crippen molar-refractivity contribution in [1.29, 1.82) is 0 Å². The first-order valence-electron chi connectivity index (χ1n) is 3.33. The molecule has 0 amide bonds. The van der Waals surface area contributed by atoms with E-state index < -0.39 is 0 Å². The van der Waals surface area contributed by atoms with Crippen LogP contribution in [0.4, 0.5) is 0 Å². The molecule has 0 aromatic heterocycles. The molecule has 0 heterocycles. The van der Waals surface area contributed by atoms with E-state index in [0.29, 0.717) is 13.1 Å². The van der Waals surface area contributed by atoms with Crippen molar-refractivity contribution in [2.75, 3.05) is 20.2 Å². The zero-order valence-electron chi connectivity index (χ0n) is 6.77. The number of carbonyl (C=O) groups excluding carboxylic acids is 1. The van der Waals surface area contributed by atoms with Crippen molar-refractivity contribution in [2.45, 2.75) is 4.83 Å². The first-order chi connectivity index (χ1) is 5.57. The number of nitrogens with one attached hydrogen (secondary N) is 1. The minimum atomic E-state index is -0.297. The van der Waals surface area contributed by atoms with Crippen LogP contribution in [0.1, 0.15) is 0 Å². The standard InChI is InChI=1S/C7H11Br2NO2/c1-5(8)3-10-4-6(9)7(11)12-2/h6,10H,1,3-4H2,2H3. The minimum absolute atomic E-state index is 0.275. The maximum atomic E-state index is 10.8. The Balaban J connectivity index is 3.50. The largest absolute Gasteiger partial charge is 0.468 e. The molecule has 0 bridgehead atoms. The van der Waals surface area contributed by atoms with Crippen LogP contribution in [0.2, 0.25) is 0 Å². The molecule has 1 atom stereocenters. The van der Waals surface area contributed by atoms with Crippen LogP contribution < -0.4 is 5.32 Å². The monoisotopic (exact) mass is 299 g/mol. The molecule has 0 aliphatic carbocycles. The highest BCUT2D eigenvalue weighted by molar-refractivity contribution is 9.11. The highest BCUT2D eigenvalue weighted by atomic mass is 79.9. The van der Waals surface area contributed by atoms with Crippen molar-refractivity contribution in [3.63, 3.8) is 0 Å². The average Bonchev–Trinajstić information content (AvgIpc) is 2.02. The molecule has 0 aliphatic heterocycles. The SMILES string of the molecule is C=C(Br)CNCC(Br)C(=O)OC. The lowest BCUT2D eigenvalue weighted by molar-refractivity contribution is -0.139. The first kappa shape index (κ1) is 12.1. The highest BCUT2D eigenvalue weighted by Gasteiger charge is 2.13. The Morgan fingerprint density at radius 1 is 1.75 bits per heavy atom. The van der Waals surface area contributed by atoms with Crippen LogP contribution in [0, 0.1) is 0 Å². The minimum Gasteiger partial charge on any atom is -0.468 e. The molecule has 0 rings (SSSR count). The molecular formula is C7H11Br2NO2. The van der Waals surface area contributed by atoms with Gasteiger partial charge in [0.25, 0.3) is 0 Å². The molecule has 0 aliphatic rings. The lowest BCUT2D eigenvalue weighted by Crippen LogP contribution is -2.30. The maximum absolute atomic E-state index is 10.8. The molecule has 0 spiro atoms. The lowest BCUT2D eigenvalue weighted by Gasteiger charge is -2.07. The van der Waals surface area contributed by atoms with E-state index in [0.717, 1.165) is 4.48 Å². The van der Waals surface area contributed by atoms with Crippen LogP contribution in [0.5, 0.6) is 0 Å². The van der Waals surface area contributed by atoms with Crippen molar-refractivity contribution >= 4 is 37.8 Å². The van der Waals surface area contributed by atoms with Crippen LogP contribution >= 0.6 is 31.9 Å². The van der Waals surface area contributed by atoms with Crippen molar-refractivity contribution in [3.05, 3.63) is 11.1 Å². The molecule has 0 saturated heterocycles. The van der Waals surface area contributed by atoms with Gasteiger partial charge in [0.15, 0.2) is 0 Å². The van der Waals surface area contributed by atoms with Gasteiger partial charge in [-0.2, -0.15) is 0 Å². The van der Waals surface area contributed by atoms with E-state index in [1.165, 1.54) is 7.11 Å². The Hall–Kier alpha value is 0.130. The fourth-order valence-electron chi connectivity index (χ4n) is 0.546. The van der Waals surface area contributed by atoms with Crippen LogP contribution in [0.15, 0.2) is 11.1 Å². The van der Waals surface area contributed by atoms with Gasteiger partial charge in [0.05, 0.1) is 7.11 Å². The summed E-state index contributed by atoms with van der Waals surface area (Å²) >= 11 is 6.36. The summed E-state index contributed by atoms with van der Waals surface area (Å²) in [5, 5.41) is 3.01. The summed E-state index contributed by atoms with van der Waals surface area (Å²) in [6.07, 6.45) is 0. The Labute approximate surface area is 88.8 Å². The molecule has 1 unspecified atom stereocenters. The van der Waals surface area contributed by atoms with Crippen molar-refractivity contribution in [2.24, 2.45) is 0 Å². The second kappa shape index (κ2) is 6.62. The van der Waals surface area contributed by atoms with E-state index >= 15 is 0 Å². The number of esters is 1. The van der Waals surface area contributed by atoms with Crippen molar-refractivity contribution in [3.8, 4) is 0 Å². The van der Waals surface area contributed by atoms with E-state index in [1.54, 1.807) is 0 Å². The van der Waals surface area contributed by atoms with Crippen LogP contribution in [0.25, 0.3) is 0 Å². The summed E-state index contributed by atoms with van der Waals surface area (Å²) < 4.78 is 5.36. The van der Waals surface area contributed by atoms with E-state index in [4.69, 9.17) is 0 Å². The molecule has 1 N–H and O–H groups in total. The molecular weight excluding hydrogens is 290 g/mol. The second-order valence-electron chi connectivity index (χ2n) is 2.14. The lowest BCUT2D eigenvalue weighted by atomic mass is 10.4. The number of methoxy groups -OCH3 is 1. The normalized spacial score (nSPS) is 12.2. The molecule has 0 radical (unpaired) electrons. The Morgan fingerprint density at radius 3 is 2.75 bits per heavy atom. The Bertz CT molecular complexity index is 173. The van der Waals surface area contributed by atoms with Gasteiger partial charge in [0.1, 0.15) is 4.83 Å².